The highest BCUT2D eigenvalue weighted by Crippen LogP contribution is 2.36. The number of anilines is 2. The number of fused-ring (bicyclic) bond motifs is 1. The molecule has 0 aromatic heterocycles. The number of nitrogens with one attached hydrogen (secondary N) is 1. The monoisotopic (exact) mass is 530 g/mol. The third-order valence-electron chi connectivity index (χ3n) is 7.76. The molecule has 2 unspecified atom stereocenters. The lowest BCUT2D eigenvalue weighted by molar-refractivity contribution is -0.126. The van der Waals surface area contributed by atoms with Crippen molar-refractivity contribution in [2.75, 3.05) is 55.9 Å². The van der Waals surface area contributed by atoms with E-state index >= 15 is 0 Å². The third kappa shape index (κ3) is 5.27. The van der Waals surface area contributed by atoms with Crippen LogP contribution in [-0.2, 0) is 9.59 Å². The lowest BCUT2D eigenvalue weighted by atomic mass is 10.0. The Bertz CT molecular complexity index is 1350. The van der Waals surface area contributed by atoms with Gasteiger partial charge >= 0.3 is 0 Å². The first-order chi connectivity index (χ1) is 19.1. The van der Waals surface area contributed by atoms with Crippen LogP contribution >= 0.6 is 0 Å². The molecule has 0 radical (unpaired) electrons. The van der Waals surface area contributed by atoms with Crippen LogP contribution in [0.2, 0.25) is 0 Å². The standard InChI is InChI=1S/C30H31FN4O4/c31-24-8-4-5-9-25(24)33-12-14-34(15-13-33)26(21-10-11-27-28(16-21)39-20-38-27)18-32-30(37)22-17-29(36)35(19-22)23-6-2-1-3-7-23/h1-11,16,22,26H,12-15,17-20H2,(H,32,37). The fraction of sp³-hybridized carbons (Fsp3) is 0.333. The molecule has 39 heavy (non-hydrogen) atoms. The lowest BCUT2D eigenvalue weighted by Crippen LogP contribution is -2.50. The molecular formula is C30H31FN4O4. The van der Waals surface area contributed by atoms with Gasteiger partial charge in [-0.2, -0.15) is 0 Å². The molecule has 2 saturated heterocycles. The van der Waals surface area contributed by atoms with Gasteiger partial charge in [0.2, 0.25) is 18.6 Å². The summed E-state index contributed by atoms with van der Waals surface area (Å²) >= 11 is 0. The number of hydrogen-bond donors (Lipinski definition) is 1. The first-order valence-corrected chi connectivity index (χ1v) is 13.3. The van der Waals surface area contributed by atoms with E-state index < -0.39 is 5.92 Å². The second kappa shape index (κ2) is 10.9. The van der Waals surface area contributed by atoms with Crippen molar-refractivity contribution in [1.82, 2.24) is 10.2 Å². The first kappa shape index (κ1) is 25.2. The van der Waals surface area contributed by atoms with Crippen LogP contribution in [0, 0.1) is 11.7 Å². The van der Waals surface area contributed by atoms with Crippen molar-refractivity contribution in [1.29, 1.82) is 0 Å². The summed E-state index contributed by atoms with van der Waals surface area (Å²) in [6, 6.07) is 22.0. The summed E-state index contributed by atoms with van der Waals surface area (Å²) < 4.78 is 25.5. The van der Waals surface area contributed by atoms with Gasteiger partial charge in [0.15, 0.2) is 11.5 Å². The number of hydrogen-bond acceptors (Lipinski definition) is 6. The summed E-state index contributed by atoms with van der Waals surface area (Å²) in [5.41, 5.74) is 2.43. The predicted octanol–water partition coefficient (Wildman–Crippen LogP) is 3.59. The van der Waals surface area contributed by atoms with E-state index in [1.54, 1.807) is 11.0 Å². The number of para-hydroxylation sites is 2. The maximum Gasteiger partial charge on any atom is 0.231 e. The highest BCUT2D eigenvalue weighted by molar-refractivity contribution is 6.00. The maximum atomic E-state index is 14.4. The first-order valence-electron chi connectivity index (χ1n) is 13.3. The van der Waals surface area contributed by atoms with Crippen molar-refractivity contribution < 1.29 is 23.5 Å². The van der Waals surface area contributed by atoms with E-state index in [0.29, 0.717) is 56.5 Å². The largest absolute Gasteiger partial charge is 0.454 e. The number of nitrogens with zero attached hydrogens (tertiary/aromatic N) is 3. The van der Waals surface area contributed by atoms with Gasteiger partial charge in [0.05, 0.1) is 17.6 Å². The van der Waals surface area contributed by atoms with Gasteiger partial charge in [0, 0.05) is 51.4 Å². The highest BCUT2D eigenvalue weighted by atomic mass is 19.1. The van der Waals surface area contributed by atoms with Crippen molar-refractivity contribution in [2.45, 2.75) is 12.5 Å². The van der Waals surface area contributed by atoms with Crippen molar-refractivity contribution >= 4 is 23.2 Å². The Hall–Kier alpha value is -4.11. The number of benzene rings is 3. The van der Waals surface area contributed by atoms with Crippen LogP contribution in [0.15, 0.2) is 72.8 Å². The van der Waals surface area contributed by atoms with Gasteiger partial charge in [-0.3, -0.25) is 14.5 Å². The number of carbonyl (C=O) groups excluding carboxylic acids is 2. The number of amides is 2. The minimum atomic E-state index is -0.409. The van der Waals surface area contributed by atoms with Gasteiger partial charge in [-0.1, -0.05) is 36.4 Å². The van der Waals surface area contributed by atoms with Gasteiger partial charge < -0.3 is 24.6 Å². The van der Waals surface area contributed by atoms with Gasteiger partial charge in [-0.05, 0) is 42.0 Å². The van der Waals surface area contributed by atoms with Crippen LogP contribution in [0.25, 0.3) is 0 Å². The number of carbonyl (C=O) groups is 2. The summed E-state index contributed by atoms with van der Waals surface area (Å²) in [4.78, 5) is 32.0. The number of piperazine rings is 1. The molecule has 3 aromatic rings. The van der Waals surface area contributed by atoms with Gasteiger partial charge in [-0.25, -0.2) is 4.39 Å². The molecule has 1 N–H and O–H groups in total. The number of halogens is 1. The molecule has 2 atom stereocenters. The Labute approximate surface area is 226 Å². The molecule has 3 aliphatic rings. The molecule has 202 valence electrons. The van der Waals surface area contributed by atoms with Crippen LogP contribution < -0.4 is 24.6 Å². The Kier molecular flexibility index (Phi) is 7.06. The molecule has 2 amide bonds. The molecule has 2 fully saturated rings. The van der Waals surface area contributed by atoms with Gasteiger partial charge in [0.25, 0.3) is 0 Å². The van der Waals surface area contributed by atoms with E-state index in [2.05, 4.69) is 15.1 Å². The smallest absolute Gasteiger partial charge is 0.231 e. The van der Waals surface area contributed by atoms with Crippen molar-refractivity contribution in [3.8, 4) is 11.5 Å². The van der Waals surface area contributed by atoms with E-state index in [4.69, 9.17) is 9.47 Å². The van der Waals surface area contributed by atoms with E-state index in [1.165, 1.54) is 6.07 Å². The molecule has 0 spiro atoms. The molecule has 3 aliphatic heterocycles. The molecule has 0 saturated carbocycles. The van der Waals surface area contributed by atoms with E-state index in [-0.39, 0.29) is 36.9 Å². The molecule has 6 rings (SSSR count). The molecule has 9 heteroatoms. The SMILES string of the molecule is O=C(NCC(c1ccc2c(c1)OCO2)N1CCN(c2ccccc2F)CC1)C1CC(=O)N(c2ccccc2)C1. The zero-order valence-corrected chi connectivity index (χ0v) is 21.6. The molecule has 3 heterocycles. The minimum Gasteiger partial charge on any atom is -0.454 e. The normalized spacial score (nSPS) is 19.8. The third-order valence-corrected chi connectivity index (χ3v) is 7.76. The van der Waals surface area contributed by atoms with Gasteiger partial charge in [0.1, 0.15) is 5.82 Å². The van der Waals surface area contributed by atoms with E-state index in [1.807, 2.05) is 60.7 Å². The molecule has 3 aromatic carbocycles. The lowest BCUT2D eigenvalue weighted by Gasteiger charge is -2.40. The average Bonchev–Trinajstić information content (AvgIpc) is 3.60. The van der Waals surface area contributed by atoms with Crippen LogP contribution in [0.1, 0.15) is 18.0 Å². The van der Waals surface area contributed by atoms with Crippen molar-refractivity contribution in [3.63, 3.8) is 0 Å². The Morgan fingerprint density at radius 1 is 0.949 bits per heavy atom. The predicted molar refractivity (Wildman–Crippen MR) is 145 cm³/mol. The quantitative estimate of drug-likeness (QED) is 0.504. The number of rotatable bonds is 7. The summed E-state index contributed by atoms with van der Waals surface area (Å²) in [6.45, 7) is 3.67. The summed E-state index contributed by atoms with van der Waals surface area (Å²) in [5, 5.41) is 3.13. The minimum absolute atomic E-state index is 0.0436. The second-order valence-corrected chi connectivity index (χ2v) is 10.1. The molecule has 8 nitrogen and oxygen atoms in total. The molecule has 0 bridgehead atoms. The number of ether oxygens (including phenoxy) is 2. The topological polar surface area (TPSA) is 74.4 Å². The zero-order valence-electron chi connectivity index (χ0n) is 21.6. The highest BCUT2D eigenvalue weighted by Gasteiger charge is 2.36. The molecular weight excluding hydrogens is 499 g/mol. The van der Waals surface area contributed by atoms with Crippen LogP contribution in [0.3, 0.4) is 0 Å². The average molecular weight is 531 g/mol. The summed E-state index contributed by atoms with van der Waals surface area (Å²) in [5.74, 6) is 0.592. The fourth-order valence-corrected chi connectivity index (χ4v) is 5.64. The maximum absolute atomic E-state index is 14.4. The van der Waals surface area contributed by atoms with Crippen molar-refractivity contribution in [3.05, 3.63) is 84.2 Å². The van der Waals surface area contributed by atoms with E-state index in [9.17, 15) is 14.0 Å². The van der Waals surface area contributed by atoms with Crippen LogP contribution in [-0.4, -0.2) is 62.8 Å². The van der Waals surface area contributed by atoms with E-state index in [0.717, 1.165) is 11.3 Å². The van der Waals surface area contributed by atoms with Gasteiger partial charge in [-0.15, -0.1) is 0 Å². The Balaban J connectivity index is 1.15. The van der Waals surface area contributed by atoms with Crippen LogP contribution in [0.4, 0.5) is 15.8 Å². The molecule has 0 aliphatic carbocycles. The van der Waals surface area contributed by atoms with Crippen molar-refractivity contribution in [2.24, 2.45) is 5.92 Å². The summed E-state index contributed by atoms with van der Waals surface area (Å²) in [7, 11) is 0. The Morgan fingerprint density at radius 2 is 1.69 bits per heavy atom. The Morgan fingerprint density at radius 3 is 2.49 bits per heavy atom. The second-order valence-electron chi connectivity index (χ2n) is 10.1. The zero-order chi connectivity index (χ0) is 26.8. The summed E-state index contributed by atoms with van der Waals surface area (Å²) in [6.07, 6.45) is 0.191. The fourth-order valence-electron chi connectivity index (χ4n) is 5.64. The van der Waals surface area contributed by atoms with Crippen LogP contribution in [0.5, 0.6) is 11.5 Å².